The van der Waals surface area contributed by atoms with Gasteiger partial charge in [-0.25, -0.2) is 8.78 Å². The summed E-state index contributed by atoms with van der Waals surface area (Å²) in [5.41, 5.74) is 0. The van der Waals surface area contributed by atoms with Gasteiger partial charge in [-0.15, -0.1) is 0 Å². The van der Waals surface area contributed by atoms with Gasteiger partial charge in [0.15, 0.2) is 0 Å². The summed E-state index contributed by atoms with van der Waals surface area (Å²) >= 11 is 0. The zero-order chi connectivity index (χ0) is 12.7. The van der Waals surface area contributed by atoms with Crippen molar-refractivity contribution in [2.75, 3.05) is 31.2 Å². The fraction of sp³-hybridized carbons (Fsp3) is 0.545. The summed E-state index contributed by atoms with van der Waals surface area (Å²) in [6.45, 7) is 1.74. The third-order valence-corrected chi connectivity index (χ3v) is 2.05. The Morgan fingerprint density at radius 1 is 1.47 bits per heavy atom. The lowest BCUT2D eigenvalue weighted by Crippen LogP contribution is -2.32. The number of rotatable bonds is 7. The molecule has 1 N–H and O–H groups in total. The number of hydrogen-bond donors (Lipinski definition) is 1. The van der Waals surface area contributed by atoms with Crippen molar-refractivity contribution in [2.45, 2.75) is 13.3 Å². The van der Waals surface area contributed by atoms with Crippen LogP contribution in [-0.4, -0.2) is 42.8 Å². The van der Waals surface area contributed by atoms with Gasteiger partial charge in [-0.05, 0) is 13.0 Å². The summed E-state index contributed by atoms with van der Waals surface area (Å²) < 4.78 is 29.9. The number of halogens is 2. The van der Waals surface area contributed by atoms with E-state index in [2.05, 4.69) is 4.98 Å². The molecule has 1 heterocycles. The lowest BCUT2D eigenvalue weighted by molar-refractivity contribution is 0.152. The fourth-order valence-electron chi connectivity index (χ4n) is 1.39. The summed E-state index contributed by atoms with van der Waals surface area (Å²) in [5, 5.41) is 8.84. The maximum atomic E-state index is 12.4. The molecular formula is C11H16F2N2O2. The second kappa shape index (κ2) is 7.01. The van der Waals surface area contributed by atoms with Gasteiger partial charge in [0.25, 0.3) is 6.43 Å². The van der Waals surface area contributed by atoms with E-state index in [1.807, 2.05) is 6.92 Å². The van der Waals surface area contributed by atoms with Crippen LogP contribution in [0.25, 0.3) is 0 Å². The quantitative estimate of drug-likeness (QED) is 0.792. The Morgan fingerprint density at radius 3 is 2.82 bits per heavy atom. The Balaban J connectivity index is 2.81. The lowest BCUT2D eigenvalue weighted by atomic mass is 10.4. The molecule has 0 aliphatic carbocycles. The minimum Gasteiger partial charge on any atom is -0.478 e. The lowest BCUT2D eigenvalue weighted by Gasteiger charge is -2.22. The Kier molecular flexibility index (Phi) is 5.62. The van der Waals surface area contributed by atoms with Crippen LogP contribution in [0.3, 0.4) is 0 Å². The maximum absolute atomic E-state index is 12.4. The van der Waals surface area contributed by atoms with E-state index in [1.54, 1.807) is 18.2 Å². The average molecular weight is 246 g/mol. The Bertz CT molecular complexity index is 337. The number of nitrogens with zero attached hydrogens (tertiary/aromatic N) is 2. The van der Waals surface area contributed by atoms with E-state index in [9.17, 15) is 8.78 Å². The molecule has 0 aliphatic rings. The molecule has 0 radical (unpaired) electrons. The second-order valence-corrected chi connectivity index (χ2v) is 3.33. The van der Waals surface area contributed by atoms with Gasteiger partial charge >= 0.3 is 0 Å². The Labute approximate surface area is 98.8 Å². The molecule has 0 atom stereocenters. The molecule has 1 aromatic rings. The SMILES string of the molecule is CCOc1cccc(N(CCO)CC(F)F)n1. The van der Waals surface area contributed by atoms with Crippen molar-refractivity contribution in [1.82, 2.24) is 4.98 Å². The summed E-state index contributed by atoms with van der Waals surface area (Å²) in [5.74, 6) is 0.771. The predicted molar refractivity (Wildman–Crippen MR) is 60.7 cm³/mol. The van der Waals surface area contributed by atoms with Crippen molar-refractivity contribution in [3.63, 3.8) is 0 Å². The van der Waals surface area contributed by atoms with E-state index in [1.165, 1.54) is 4.90 Å². The zero-order valence-corrected chi connectivity index (χ0v) is 9.64. The number of aliphatic hydroxyl groups is 1. The van der Waals surface area contributed by atoms with Crippen LogP contribution in [0, 0.1) is 0 Å². The first-order valence-electron chi connectivity index (χ1n) is 5.41. The van der Waals surface area contributed by atoms with Gasteiger partial charge < -0.3 is 14.7 Å². The van der Waals surface area contributed by atoms with Crippen LogP contribution < -0.4 is 9.64 Å². The fourth-order valence-corrected chi connectivity index (χ4v) is 1.39. The van der Waals surface area contributed by atoms with E-state index in [-0.39, 0.29) is 13.2 Å². The first-order valence-corrected chi connectivity index (χ1v) is 5.41. The number of aromatic nitrogens is 1. The first-order chi connectivity index (χ1) is 8.17. The molecule has 0 saturated carbocycles. The van der Waals surface area contributed by atoms with Crippen molar-refractivity contribution in [2.24, 2.45) is 0 Å². The summed E-state index contributed by atoms with van der Waals surface area (Å²) in [7, 11) is 0. The molecular weight excluding hydrogens is 230 g/mol. The number of aliphatic hydroxyl groups excluding tert-OH is 1. The number of pyridine rings is 1. The average Bonchev–Trinajstić information content (AvgIpc) is 2.29. The number of alkyl halides is 2. The van der Waals surface area contributed by atoms with Gasteiger partial charge in [0.05, 0.1) is 19.8 Å². The topological polar surface area (TPSA) is 45.6 Å². The van der Waals surface area contributed by atoms with Crippen LogP contribution >= 0.6 is 0 Å². The molecule has 0 saturated heterocycles. The monoisotopic (exact) mass is 246 g/mol. The highest BCUT2D eigenvalue weighted by atomic mass is 19.3. The Morgan fingerprint density at radius 2 is 2.24 bits per heavy atom. The van der Waals surface area contributed by atoms with E-state index < -0.39 is 13.0 Å². The van der Waals surface area contributed by atoms with Crippen molar-refractivity contribution in [1.29, 1.82) is 0 Å². The van der Waals surface area contributed by atoms with Crippen LogP contribution in [0.2, 0.25) is 0 Å². The minimum atomic E-state index is -2.47. The van der Waals surface area contributed by atoms with E-state index in [4.69, 9.17) is 9.84 Å². The molecule has 0 bridgehead atoms. The van der Waals surface area contributed by atoms with Gasteiger partial charge in [-0.2, -0.15) is 4.98 Å². The van der Waals surface area contributed by atoms with Crippen molar-refractivity contribution >= 4 is 5.82 Å². The molecule has 0 fully saturated rings. The summed E-state index contributed by atoms with van der Waals surface area (Å²) in [6, 6.07) is 4.95. The first kappa shape index (κ1) is 13.6. The molecule has 17 heavy (non-hydrogen) atoms. The highest BCUT2D eigenvalue weighted by molar-refractivity contribution is 5.40. The third-order valence-electron chi connectivity index (χ3n) is 2.05. The molecule has 96 valence electrons. The van der Waals surface area contributed by atoms with Crippen LogP contribution in [-0.2, 0) is 0 Å². The number of hydrogen-bond acceptors (Lipinski definition) is 4. The third kappa shape index (κ3) is 4.52. The standard InChI is InChI=1S/C11H16F2N2O2/c1-2-17-11-5-3-4-10(14-11)15(6-7-16)8-9(12)13/h3-5,9,16H,2,6-8H2,1H3. The van der Waals surface area contributed by atoms with Crippen LogP contribution in [0.1, 0.15) is 6.92 Å². The largest absolute Gasteiger partial charge is 0.478 e. The van der Waals surface area contributed by atoms with Crippen LogP contribution in [0.15, 0.2) is 18.2 Å². The smallest absolute Gasteiger partial charge is 0.255 e. The van der Waals surface area contributed by atoms with Gasteiger partial charge in [-0.1, -0.05) is 6.07 Å². The summed E-state index contributed by atoms with van der Waals surface area (Å²) in [4.78, 5) is 5.42. The predicted octanol–water partition coefficient (Wildman–Crippen LogP) is 1.54. The van der Waals surface area contributed by atoms with Crippen LogP contribution in [0.4, 0.5) is 14.6 Å². The van der Waals surface area contributed by atoms with Gasteiger partial charge in [0.2, 0.25) is 5.88 Å². The molecule has 0 unspecified atom stereocenters. The van der Waals surface area contributed by atoms with E-state index in [0.717, 1.165) is 0 Å². The normalized spacial score (nSPS) is 10.6. The van der Waals surface area contributed by atoms with Gasteiger partial charge in [0, 0.05) is 12.6 Å². The molecule has 6 heteroatoms. The van der Waals surface area contributed by atoms with Gasteiger partial charge in [0.1, 0.15) is 5.82 Å². The van der Waals surface area contributed by atoms with Crippen LogP contribution in [0.5, 0.6) is 5.88 Å². The molecule has 0 aliphatic heterocycles. The zero-order valence-electron chi connectivity index (χ0n) is 9.64. The molecule has 0 amide bonds. The van der Waals surface area contributed by atoms with Crippen molar-refractivity contribution in [3.8, 4) is 5.88 Å². The Hall–Kier alpha value is -1.43. The molecule has 1 rings (SSSR count). The molecule has 0 spiro atoms. The van der Waals surface area contributed by atoms with E-state index in [0.29, 0.717) is 18.3 Å². The number of anilines is 1. The maximum Gasteiger partial charge on any atom is 0.255 e. The second-order valence-electron chi connectivity index (χ2n) is 3.33. The molecule has 4 nitrogen and oxygen atoms in total. The highest BCUT2D eigenvalue weighted by Crippen LogP contribution is 2.16. The number of ether oxygens (including phenoxy) is 1. The highest BCUT2D eigenvalue weighted by Gasteiger charge is 2.13. The van der Waals surface area contributed by atoms with Crippen molar-refractivity contribution < 1.29 is 18.6 Å². The summed E-state index contributed by atoms with van der Waals surface area (Å²) in [6.07, 6.45) is -2.47. The molecule has 1 aromatic heterocycles. The van der Waals surface area contributed by atoms with Crippen molar-refractivity contribution in [3.05, 3.63) is 18.2 Å². The van der Waals surface area contributed by atoms with E-state index >= 15 is 0 Å². The molecule has 0 aromatic carbocycles. The minimum absolute atomic E-state index is 0.118. The van der Waals surface area contributed by atoms with Gasteiger partial charge in [-0.3, -0.25) is 0 Å².